The van der Waals surface area contributed by atoms with Crippen molar-refractivity contribution in [2.75, 3.05) is 11.9 Å². The Morgan fingerprint density at radius 2 is 1.78 bits per heavy atom. The van der Waals surface area contributed by atoms with Crippen molar-refractivity contribution in [3.8, 4) is 17.2 Å². The molecule has 4 aromatic carbocycles. The number of carbonyl (C=O) groups is 1. The van der Waals surface area contributed by atoms with Gasteiger partial charge in [-0.25, -0.2) is 4.98 Å². The van der Waals surface area contributed by atoms with Crippen molar-refractivity contribution in [2.45, 2.75) is 0 Å². The first kappa shape index (κ1) is 20.4. The summed E-state index contributed by atoms with van der Waals surface area (Å²) in [4.78, 5) is 17.2. The lowest BCUT2D eigenvalue weighted by Crippen LogP contribution is -2.20. The number of para-hydroxylation sites is 1. The number of nitrogens with zero attached hydrogens (tertiary/aromatic N) is 1. The fourth-order valence-electron chi connectivity index (χ4n) is 3.47. The van der Waals surface area contributed by atoms with Crippen LogP contribution in [0.3, 0.4) is 0 Å². The highest BCUT2D eigenvalue weighted by atomic mass is 35.5. The van der Waals surface area contributed by atoms with Crippen LogP contribution in [0.4, 0.5) is 5.69 Å². The van der Waals surface area contributed by atoms with Crippen LogP contribution in [0.5, 0.6) is 5.75 Å². The molecule has 1 N–H and O–H groups in total. The van der Waals surface area contributed by atoms with Gasteiger partial charge in [-0.3, -0.25) is 4.79 Å². The molecule has 0 aliphatic carbocycles. The number of nitrogens with one attached hydrogen (secondary N) is 1. The first-order valence-electron chi connectivity index (χ1n) is 9.84. The SMILES string of the molecule is O=C(COc1ccc(Cl)cc1Cl)Nc1ccccc1-c1nc2ccc3ccccc3c2o1. The van der Waals surface area contributed by atoms with E-state index in [1.165, 1.54) is 0 Å². The van der Waals surface area contributed by atoms with Crippen LogP contribution >= 0.6 is 23.2 Å². The Labute approximate surface area is 193 Å². The van der Waals surface area contributed by atoms with Crippen molar-refractivity contribution in [3.05, 3.63) is 88.9 Å². The van der Waals surface area contributed by atoms with Gasteiger partial charge in [0.2, 0.25) is 5.89 Å². The summed E-state index contributed by atoms with van der Waals surface area (Å²) in [6.45, 7) is -0.214. The number of halogens is 2. The molecule has 32 heavy (non-hydrogen) atoms. The molecular formula is C25H16Cl2N2O3. The minimum atomic E-state index is -0.343. The molecule has 0 spiro atoms. The summed E-state index contributed by atoms with van der Waals surface area (Å²) in [6.07, 6.45) is 0. The lowest BCUT2D eigenvalue weighted by atomic mass is 10.1. The van der Waals surface area contributed by atoms with E-state index in [1.54, 1.807) is 24.3 Å². The number of hydrogen-bond acceptors (Lipinski definition) is 4. The topological polar surface area (TPSA) is 64.4 Å². The molecule has 1 amide bonds. The largest absolute Gasteiger partial charge is 0.482 e. The second-order valence-electron chi connectivity index (χ2n) is 7.11. The summed E-state index contributed by atoms with van der Waals surface area (Å²) in [7, 11) is 0. The number of ether oxygens (including phenoxy) is 1. The van der Waals surface area contributed by atoms with Gasteiger partial charge >= 0.3 is 0 Å². The van der Waals surface area contributed by atoms with Crippen LogP contribution in [-0.2, 0) is 4.79 Å². The molecular weight excluding hydrogens is 447 g/mol. The summed E-state index contributed by atoms with van der Waals surface area (Å²) < 4.78 is 11.6. The van der Waals surface area contributed by atoms with Crippen molar-refractivity contribution in [3.63, 3.8) is 0 Å². The Kier molecular flexibility index (Phi) is 5.43. The van der Waals surface area contributed by atoms with Crippen molar-refractivity contribution in [2.24, 2.45) is 0 Å². The van der Waals surface area contributed by atoms with Gasteiger partial charge in [0.1, 0.15) is 11.3 Å². The van der Waals surface area contributed by atoms with E-state index in [1.807, 2.05) is 54.6 Å². The minimum absolute atomic E-state index is 0.214. The summed E-state index contributed by atoms with van der Waals surface area (Å²) in [5, 5.41) is 5.74. The number of fused-ring (bicyclic) bond motifs is 3. The average Bonchev–Trinajstić information content (AvgIpc) is 3.24. The molecule has 7 heteroatoms. The van der Waals surface area contributed by atoms with E-state index in [4.69, 9.17) is 32.4 Å². The number of carbonyl (C=O) groups excluding carboxylic acids is 1. The number of amides is 1. The third kappa shape index (κ3) is 4.00. The van der Waals surface area contributed by atoms with Crippen LogP contribution in [-0.4, -0.2) is 17.5 Å². The highest BCUT2D eigenvalue weighted by Crippen LogP contribution is 2.33. The summed E-state index contributed by atoms with van der Waals surface area (Å²) in [5.74, 6) is 0.462. The van der Waals surface area contributed by atoms with Gasteiger partial charge in [-0.05, 0) is 41.8 Å². The van der Waals surface area contributed by atoms with Gasteiger partial charge < -0.3 is 14.5 Å². The third-order valence-corrected chi connectivity index (χ3v) is 5.49. The fraction of sp³-hybridized carbons (Fsp3) is 0.0400. The Morgan fingerprint density at radius 1 is 0.969 bits per heavy atom. The lowest BCUT2D eigenvalue weighted by Gasteiger charge is -2.11. The molecule has 0 aliphatic heterocycles. The average molecular weight is 463 g/mol. The zero-order valence-electron chi connectivity index (χ0n) is 16.6. The molecule has 0 radical (unpaired) electrons. The fourth-order valence-corrected chi connectivity index (χ4v) is 3.93. The summed E-state index contributed by atoms with van der Waals surface area (Å²) in [6, 6.07) is 24.1. The highest BCUT2D eigenvalue weighted by molar-refractivity contribution is 6.35. The summed E-state index contributed by atoms with van der Waals surface area (Å²) in [5.41, 5.74) is 2.70. The molecule has 0 unspecified atom stereocenters. The molecule has 0 atom stereocenters. The molecule has 5 aromatic rings. The van der Waals surface area contributed by atoms with Crippen LogP contribution < -0.4 is 10.1 Å². The van der Waals surface area contributed by atoms with Gasteiger partial charge in [-0.1, -0.05) is 65.7 Å². The number of aromatic nitrogens is 1. The van der Waals surface area contributed by atoms with Crippen LogP contribution in [0.25, 0.3) is 33.3 Å². The number of hydrogen-bond donors (Lipinski definition) is 1. The lowest BCUT2D eigenvalue weighted by molar-refractivity contribution is -0.118. The maximum atomic E-state index is 12.5. The van der Waals surface area contributed by atoms with Crippen LogP contribution in [0, 0.1) is 0 Å². The zero-order chi connectivity index (χ0) is 22.1. The predicted octanol–water partition coefficient (Wildman–Crippen LogP) is 6.97. The van der Waals surface area contributed by atoms with E-state index in [0.717, 1.165) is 16.3 Å². The molecule has 158 valence electrons. The Balaban J connectivity index is 1.40. The monoisotopic (exact) mass is 462 g/mol. The molecule has 0 fully saturated rings. The van der Waals surface area contributed by atoms with E-state index in [2.05, 4.69) is 10.3 Å². The Morgan fingerprint density at radius 3 is 2.66 bits per heavy atom. The van der Waals surface area contributed by atoms with E-state index in [-0.39, 0.29) is 12.5 Å². The zero-order valence-corrected chi connectivity index (χ0v) is 18.2. The minimum Gasteiger partial charge on any atom is -0.482 e. The smallest absolute Gasteiger partial charge is 0.262 e. The second kappa shape index (κ2) is 8.54. The maximum Gasteiger partial charge on any atom is 0.262 e. The maximum absolute atomic E-state index is 12.5. The first-order valence-corrected chi connectivity index (χ1v) is 10.6. The number of benzene rings is 4. The molecule has 5 nitrogen and oxygen atoms in total. The number of rotatable bonds is 5. The van der Waals surface area contributed by atoms with Crippen LogP contribution in [0.2, 0.25) is 10.0 Å². The normalized spacial score (nSPS) is 11.1. The standard InChI is InChI=1S/C25H16Cl2N2O3/c26-16-10-12-22(19(27)13-16)31-14-23(30)28-20-8-4-3-7-18(20)25-29-21-11-9-15-5-1-2-6-17(15)24(21)32-25/h1-13H,14H2,(H,28,30). The van der Waals surface area contributed by atoms with E-state index >= 15 is 0 Å². The van der Waals surface area contributed by atoms with Crippen molar-refractivity contribution >= 4 is 56.7 Å². The molecule has 0 bridgehead atoms. The van der Waals surface area contributed by atoms with Crippen molar-refractivity contribution in [1.82, 2.24) is 4.98 Å². The second-order valence-corrected chi connectivity index (χ2v) is 7.95. The van der Waals surface area contributed by atoms with Crippen molar-refractivity contribution < 1.29 is 13.9 Å². The van der Waals surface area contributed by atoms with Gasteiger partial charge in [0.05, 0.1) is 16.3 Å². The van der Waals surface area contributed by atoms with Gasteiger partial charge in [0.15, 0.2) is 12.2 Å². The molecule has 0 saturated carbocycles. The number of oxazole rings is 1. The van der Waals surface area contributed by atoms with Crippen LogP contribution in [0.15, 0.2) is 83.3 Å². The number of anilines is 1. The van der Waals surface area contributed by atoms with E-state index in [0.29, 0.717) is 38.5 Å². The molecule has 1 heterocycles. The molecule has 0 aliphatic rings. The molecule has 0 saturated heterocycles. The highest BCUT2D eigenvalue weighted by Gasteiger charge is 2.16. The van der Waals surface area contributed by atoms with Gasteiger partial charge in [0.25, 0.3) is 5.91 Å². The third-order valence-electron chi connectivity index (χ3n) is 4.96. The quantitative estimate of drug-likeness (QED) is 0.306. The molecule has 1 aromatic heterocycles. The Bertz CT molecular complexity index is 1460. The van der Waals surface area contributed by atoms with Crippen LogP contribution in [0.1, 0.15) is 0 Å². The molecule has 5 rings (SSSR count). The Hall–Kier alpha value is -3.54. The van der Waals surface area contributed by atoms with E-state index in [9.17, 15) is 4.79 Å². The van der Waals surface area contributed by atoms with Gasteiger partial charge in [0, 0.05) is 10.4 Å². The van der Waals surface area contributed by atoms with E-state index < -0.39 is 0 Å². The van der Waals surface area contributed by atoms with Gasteiger partial charge in [-0.2, -0.15) is 0 Å². The summed E-state index contributed by atoms with van der Waals surface area (Å²) >= 11 is 12.0. The van der Waals surface area contributed by atoms with Crippen molar-refractivity contribution in [1.29, 1.82) is 0 Å². The van der Waals surface area contributed by atoms with Gasteiger partial charge in [-0.15, -0.1) is 0 Å². The predicted molar refractivity (Wildman–Crippen MR) is 128 cm³/mol. The first-order chi connectivity index (χ1) is 15.6.